The van der Waals surface area contributed by atoms with Crippen molar-refractivity contribution in [1.29, 1.82) is 5.41 Å². The maximum atomic E-state index is 13.2. The fraction of sp³-hybridized carbons (Fsp3) is 0.167. The van der Waals surface area contributed by atoms with Crippen LogP contribution in [0.1, 0.15) is 23.1 Å². The van der Waals surface area contributed by atoms with Gasteiger partial charge in [-0.05, 0) is 23.3 Å². The van der Waals surface area contributed by atoms with Crippen LogP contribution in [0.3, 0.4) is 0 Å². The van der Waals surface area contributed by atoms with Gasteiger partial charge in [0.05, 0.1) is 6.42 Å². The molecule has 1 aliphatic carbocycles. The molecule has 2 aromatic rings. The highest BCUT2D eigenvalue weighted by atomic mass is 16.2. The van der Waals surface area contributed by atoms with Crippen LogP contribution in [-0.4, -0.2) is 42.4 Å². The summed E-state index contributed by atoms with van der Waals surface area (Å²) < 4.78 is 0. The molecule has 1 aliphatic rings. The van der Waals surface area contributed by atoms with Gasteiger partial charge in [0.25, 0.3) is 0 Å². The van der Waals surface area contributed by atoms with Gasteiger partial charge in [0, 0.05) is 49.1 Å². The highest BCUT2D eigenvalue weighted by molar-refractivity contribution is 6.37. The molecule has 1 amide bonds. The number of amidine groups is 1. The number of allylic oxidation sites excluding steroid dienone is 3. The van der Waals surface area contributed by atoms with Crippen molar-refractivity contribution in [3.63, 3.8) is 0 Å². The lowest BCUT2D eigenvalue weighted by atomic mass is 9.86. The molecule has 9 nitrogen and oxygen atoms in total. The Labute approximate surface area is 191 Å². The van der Waals surface area contributed by atoms with E-state index < -0.39 is 11.7 Å². The third-order valence-electron chi connectivity index (χ3n) is 4.95. The third kappa shape index (κ3) is 5.72. The second-order valence-corrected chi connectivity index (χ2v) is 7.80. The summed E-state index contributed by atoms with van der Waals surface area (Å²) in [5.41, 5.74) is 16.8. The first-order valence-electron chi connectivity index (χ1n) is 10.2. The van der Waals surface area contributed by atoms with E-state index >= 15 is 0 Å². The quantitative estimate of drug-likeness (QED) is 0.134. The number of hydrogen-bond donors (Lipinski definition) is 5. The number of rotatable bonds is 8. The maximum absolute atomic E-state index is 13.2. The predicted molar refractivity (Wildman–Crippen MR) is 127 cm³/mol. The van der Waals surface area contributed by atoms with Gasteiger partial charge >= 0.3 is 0 Å². The summed E-state index contributed by atoms with van der Waals surface area (Å²) in [5, 5.41) is 11.8. The van der Waals surface area contributed by atoms with Gasteiger partial charge in [-0.25, -0.2) is 5.01 Å². The van der Waals surface area contributed by atoms with Gasteiger partial charge in [-0.1, -0.05) is 36.4 Å². The second kappa shape index (κ2) is 9.92. The van der Waals surface area contributed by atoms with Gasteiger partial charge in [0.15, 0.2) is 5.78 Å². The molecule has 0 atom stereocenters. The highest BCUT2D eigenvalue weighted by Gasteiger charge is 2.31. The number of nitrogens with two attached hydrogens (primary N) is 2. The predicted octanol–water partition coefficient (Wildman–Crippen LogP) is 1.11. The number of nitrogens with one attached hydrogen (secondary N) is 3. The Bertz CT molecular complexity index is 1180. The van der Waals surface area contributed by atoms with Crippen molar-refractivity contribution >= 4 is 34.6 Å². The van der Waals surface area contributed by atoms with Gasteiger partial charge in [0.1, 0.15) is 11.5 Å². The molecule has 0 saturated heterocycles. The fourth-order valence-corrected chi connectivity index (χ4v) is 3.42. The second-order valence-electron chi connectivity index (χ2n) is 7.80. The molecular formula is C24H26N6O3. The zero-order valence-corrected chi connectivity index (χ0v) is 18.4. The Balaban J connectivity index is 1.85. The fourth-order valence-electron chi connectivity index (χ4n) is 3.42. The number of ketones is 2. The number of carbonyl (C=O) groups is 3. The normalized spacial score (nSPS) is 13.7. The van der Waals surface area contributed by atoms with Crippen LogP contribution < -0.4 is 22.2 Å². The van der Waals surface area contributed by atoms with Crippen molar-refractivity contribution in [2.24, 2.45) is 5.73 Å². The van der Waals surface area contributed by atoms with Crippen molar-refractivity contribution in [2.75, 3.05) is 19.8 Å². The Morgan fingerprint density at radius 3 is 2.39 bits per heavy atom. The van der Waals surface area contributed by atoms with E-state index in [9.17, 15) is 14.4 Å². The summed E-state index contributed by atoms with van der Waals surface area (Å²) >= 11 is 0. The molecule has 0 fully saturated rings. The number of nitrogen functional groups attached to an aromatic ring is 2. The lowest BCUT2D eigenvalue weighted by molar-refractivity contribution is -0.122. The molecule has 2 aromatic carbocycles. The summed E-state index contributed by atoms with van der Waals surface area (Å²) in [6, 6.07) is 13.6. The molecule has 3 rings (SSSR count). The standard InChI is InChI=1S/C24H26N6O3/c1-30(2)29-19-12-20(31)22(16-4-3-5-17(25)10-16)18(23(19)33)11-21(32)28-13-14-6-8-15(9-7-14)24(26)27/h3-10,12,29H,11,13,25H2,1-2H3,(H3,26,27)(H,28,32). The zero-order chi connectivity index (χ0) is 24.1. The van der Waals surface area contributed by atoms with Crippen LogP contribution in [0, 0.1) is 5.41 Å². The van der Waals surface area contributed by atoms with Gasteiger partial charge in [-0.15, -0.1) is 0 Å². The van der Waals surface area contributed by atoms with E-state index in [-0.39, 0.29) is 41.4 Å². The molecule has 0 bridgehead atoms. The summed E-state index contributed by atoms with van der Waals surface area (Å²) in [7, 11) is 3.39. The van der Waals surface area contributed by atoms with Crippen LogP contribution in [0.4, 0.5) is 5.69 Å². The van der Waals surface area contributed by atoms with Crippen molar-refractivity contribution in [2.45, 2.75) is 13.0 Å². The first-order valence-corrected chi connectivity index (χ1v) is 10.2. The van der Waals surface area contributed by atoms with Gasteiger partial charge in [0.2, 0.25) is 11.7 Å². The number of carbonyl (C=O) groups excluding carboxylic acids is 3. The number of hydrogen-bond acceptors (Lipinski definition) is 7. The Kier molecular flexibility index (Phi) is 7.04. The minimum Gasteiger partial charge on any atom is -0.399 e. The zero-order valence-electron chi connectivity index (χ0n) is 18.4. The summed E-state index contributed by atoms with van der Waals surface area (Å²) in [6.45, 7) is 0.221. The number of hydrazine groups is 1. The van der Waals surface area contributed by atoms with E-state index in [0.29, 0.717) is 16.8 Å². The molecule has 9 heteroatoms. The average molecular weight is 447 g/mol. The summed E-state index contributed by atoms with van der Waals surface area (Å²) in [6.07, 6.45) is 0.964. The number of nitrogens with zero attached hydrogens (tertiary/aromatic N) is 1. The SMILES string of the molecule is CN(C)NC1=CC(=O)C(c2cccc(N)c2)=C(CC(=O)NCc2ccc(C(=N)N)cc2)C1=O. The monoisotopic (exact) mass is 446 g/mol. The number of benzene rings is 2. The molecule has 170 valence electrons. The topological polar surface area (TPSA) is 154 Å². The minimum atomic E-state index is -0.429. The van der Waals surface area contributed by atoms with E-state index in [1.54, 1.807) is 67.6 Å². The molecule has 7 N–H and O–H groups in total. The molecule has 0 unspecified atom stereocenters. The molecule has 0 heterocycles. The van der Waals surface area contributed by atoms with Crippen molar-refractivity contribution in [3.8, 4) is 0 Å². The van der Waals surface area contributed by atoms with Gasteiger partial charge in [-0.3, -0.25) is 19.8 Å². The Morgan fingerprint density at radius 1 is 1.09 bits per heavy atom. The van der Waals surface area contributed by atoms with Crippen molar-refractivity contribution < 1.29 is 14.4 Å². The van der Waals surface area contributed by atoms with Gasteiger partial charge in [-0.2, -0.15) is 0 Å². The first kappa shape index (κ1) is 23.4. The van der Waals surface area contributed by atoms with E-state index in [1.165, 1.54) is 6.08 Å². The maximum Gasteiger partial charge on any atom is 0.224 e. The van der Waals surface area contributed by atoms with Crippen molar-refractivity contribution in [1.82, 2.24) is 15.8 Å². The molecule has 33 heavy (non-hydrogen) atoms. The van der Waals surface area contributed by atoms with Crippen molar-refractivity contribution in [3.05, 3.63) is 82.6 Å². The summed E-state index contributed by atoms with van der Waals surface area (Å²) in [5.74, 6) is -1.26. The minimum absolute atomic E-state index is 0.0396. The van der Waals surface area contributed by atoms with Gasteiger partial charge < -0.3 is 22.2 Å². The largest absolute Gasteiger partial charge is 0.399 e. The first-order chi connectivity index (χ1) is 15.7. The number of Topliss-reactive ketones (excluding diaryl/α,β-unsaturated/α-hetero) is 1. The molecule has 0 spiro atoms. The van der Waals surface area contributed by atoms with Crippen LogP contribution >= 0.6 is 0 Å². The van der Waals surface area contributed by atoms with Crippen LogP contribution in [0.5, 0.6) is 0 Å². The molecule has 0 aromatic heterocycles. The molecular weight excluding hydrogens is 420 g/mol. The van der Waals surface area contributed by atoms with Crippen LogP contribution in [0.15, 0.2) is 65.9 Å². The third-order valence-corrected chi connectivity index (χ3v) is 4.95. The number of anilines is 1. The van der Waals surface area contributed by atoms with Crippen LogP contribution in [0.25, 0.3) is 5.57 Å². The summed E-state index contributed by atoms with van der Waals surface area (Å²) in [4.78, 5) is 38.9. The lowest BCUT2D eigenvalue weighted by Gasteiger charge is -2.23. The Hall–Kier alpha value is -4.24. The molecule has 0 aliphatic heterocycles. The van der Waals surface area contributed by atoms with Crippen LogP contribution in [-0.2, 0) is 20.9 Å². The van der Waals surface area contributed by atoms with E-state index in [2.05, 4.69) is 10.7 Å². The highest BCUT2D eigenvalue weighted by Crippen LogP contribution is 2.30. The van der Waals surface area contributed by atoms with E-state index in [1.807, 2.05) is 0 Å². The van der Waals surface area contributed by atoms with Crippen LogP contribution in [0.2, 0.25) is 0 Å². The average Bonchev–Trinajstić information content (AvgIpc) is 2.75. The smallest absolute Gasteiger partial charge is 0.224 e. The lowest BCUT2D eigenvalue weighted by Crippen LogP contribution is -2.37. The Morgan fingerprint density at radius 2 is 1.79 bits per heavy atom. The number of amides is 1. The molecule has 0 saturated carbocycles. The van der Waals surface area contributed by atoms with E-state index in [4.69, 9.17) is 16.9 Å². The molecule has 0 radical (unpaired) electrons. The van der Waals surface area contributed by atoms with E-state index in [0.717, 1.165) is 5.56 Å².